The minimum absolute atomic E-state index is 0.0738. The van der Waals surface area contributed by atoms with Gasteiger partial charge in [-0.25, -0.2) is 0 Å². The third-order valence-corrected chi connectivity index (χ3v) is 3.94. The van der Waals surface area contributed by atoms with Crippen molar-refractivity contribution in [1.82, 2.24) is 0 Å². The van der Waals surface area contributed by atoms with Crippen LogP contribution in [0.1, 0.15) is 20.3 Å². The minimum Gasteiger partial charge on any atom is -0.327 e. The molecule has 0 aliphatic heterocycles. The van der Waals surface area contributed by atoms with Crippen LogP contribution >= 0.6 is 11.8 Å². The molecule has 0 aromatic heterocycles. The average molecular weight is 209 g/mol. The SMILES string of the molecule is CCSCCCS(=O)CC(C)N. The summed E-state index contributed by atoms with van der Waals surface area (Å²) < 4.78 is 11.2. The molecule has 74 valence electrons. The second kappa shape index (κ2) is 8.08. The Bertz CT molecular complexity index is 128. The van der Waals surface area contributed by atoms with E-state index in [2.05, 4.69) is 6.92 Å². The molecule has 2 atom stereocenters. The summed E-state index contributed by atoms with van der Waals surface area (Å²) in [4.78, 5) is 0. The van der Waals surface area contributed by atoms with E-state index in [0.717, 1.165) is 23.7 Å². The van der Waals surface area contributed by atoms with E-state index in [1.807, 2.05) is 18.7 Å². The molecule has 4 heteroatoms. The van der Waals surface area contributed by atoms with Crippen LogP contribution in [0.4, 0.5) is 0 Å². The van der Waals surface area contributed by atoms with E-state index in [9.17, 15) is 4.21 Å². The second-order valence-corrected chi connectivity index (χ2v) is 5.85. The summed E-state index contributed by atoms with van der Waals surface area (Å²) in [5.74, 6) is 3.74. The highest BCUT2D eigenvalue weighted by molar-refractivity contribution is 7.99. The Labute approximate surface area is 82.1 Å². The number of hydrogen-bond donors (Lipinski definition) is 1. The molecule has 0 amide bonds. The highest BCUT2D eigenvalue weighted by atomic mass is 32.2. The van der Waals surface area contributed by atoms with Crippen LogP contribution in [0.3, 0.4) is 0 Å². The summed E-state index contributed by atoms with van der Waals surface area (Å²) in [6, 6.07) is 0.0738. The first-order valence-electron chi connectivity index (χ1n) is 4.35. The molecule has 2 unspecified atom stereocenters. The summed E-state index contributed by atoms with van der Waals surface area (Å²) in [6.07, 6.45) is 1.05. The fourth-order valence-corrected chi connectivity index (χ4v) is 2.88. The molecule has 0 saturated carbocycles. The zero-order chi connectivity index (χ0) is 9.40. The fraction of sp³-hybridized carbons (Fsp3) is 1.00. The maximum atomic E-state index is 11.2. The monoisotopic (exact) mass is 209 g/mol. The van der Waals surface area contributed by atoms with E-state index in [1.165, 1.54) is 0 Å². The molecule has 0 radical (unpaired) electrons. The van der Waals surface area contributed by atoms with Gasteiger partial charge in [-0.05, 0) is 24.9 Å². The summed E-state index contributed by atoms with van der Waals surface area (Å²) in [5.41, 5.74) is 5.53. The van der Waals surface area contributed by atoms with Crippen molar-refractivity contribution in [3.63, 3.8) is 0 Å². The van der Waals surface area contributed by atoms with Gasteiger partial charge in [0.1, 0.15) is 0 Å². The van der Waals surface area contributed by atoms with Gasteiger partial charge in [0.15, 0.2) is 0 Å². The standard InChI is InChI=1S/C8H19NOS2/c1-3-11-5-4-6-12(10)7-8(2)9/h8H,3-7,9H2,1-2H3. The van der Waals surface area contributed by atoms with Gasteiger partial charge in [0, 0.05) is 28.3 Å². The van der Waals surface area contributed by atoms with E-state index >= 15 is 0 Å². The first-order valence-corrected chi connectivity index (χ1v) is 6.99. The normalized spacial score (nSPS) is 15.9. The first kappa shape index (κ1) is 12.5. The van der Waals surface area contributed by atoms with Crippen LogP contribution < -0.4 is 5.73 Å². The smallest absolute Gasteiger partial charge is 0.0383 e. The van der Waals surface area contributed by atoms with Gasteiger partial charge in [-0.3, -0.25) is 4.21 Å². The quantitative estimate of drug-likeness (QED) is 0.641. The number of rotatable bonds is 7. The average Bonchev–Trinajstić information content (AvgIpc) is 1.97. The van der Waals surface area contributed by atoms with E-state index in [4.69, 9.17) is 5.73 Å². The Balaban J connectivity index is 3.20. The van der Waals surface area contributed by atoms with Gasteiger partial charge in [0.2, 0.25) is 0 Å². The lowest BCUT2D eigenvalue weighted by atomic mass is 10.4. The lowest BCUT2D eigenvalue weighted by molar-refractivity contribution is 0.675. The molecule has 0 aliphatic carbocycles. The Morgan fingerprint density at radius 1 is 1.58 bits per heavy atom. The van der Waals surface area contributed by atoms with E-state index < -0.39 is 10.8 Å². The number of nitrogens with two attached hydrogens (primary N) is 1. The molecule has 0 aromatic carbocycles. The fourth-order valence-electron chi connectivity index (χ4n) is 0.843. The molecular formula is C8H19NOS2. The predicted octanol–water partition coefficient (Wildman–Crippen LogP) is 1.23. The number of thioether (sulfide) groups is 1. The van der Waals surface area contributed by atoms with Gasteiger partial charge in [0.05, 0.1) is 0 Å². The van der Waals surface area contributed by atoms with E-state index in [-0.39, 0.29) is 6.04 Å². The molecule has 2 nitrogen and oxygen atoms in total. The highest BCUT2D eigenvalue weighted by Gasteiger charge is 2.02. The molecule has 0 aromatic rings. The first-order chi connectivity index (χ1) is 5.66. The van der Waals surface area contributed by atoms with Crippen molar-refractivity contribution in [2.75, 3.05) is 23.0 Å². The lowest BCUT2D eigenvalue weighted by Gasteiger charge is -2.04. The molecular weight excluding hydrogens is 190 g/mol. The maximum absolute atomic E-state index is 11.2. The Kier molecular flexibility index (Phi) is 8.39. The molecule has 0 rings (SSSR count). The van der Waals surface area contributed by atoms with Crippen molar-refractivity contribution in [3.8, 4) is 0 Å². The van der Waals surface area contributed by atoms with Crippen LogP contribution in [-0.2, 0) is 10.8 Å². The van der Waals surface area contributed by atoms with Gasteiger partial charge in [-0.2, -0.15) is 11.8 Å². The van der Waals surface area contributed by atoms with E-state index in [0.29, 0.717) is 5.75 Å². The second-order valence-electron chi connectivity index (χ2n) is 2.84. The Hall–Kier alpha value is 0.460. The van der Waals surface area contributed by atoms with Gasteiger partial charge in [-0.15, -0.1) is 0 Å². The van der Waals surface area contributed by atoms with Gasteiger partial charge < -0.3 is 5.73 Å². The molecule has 0 fully saturated rings. The summed E-state index contributed by atoms with van der Waals surface area (Å²) in [5, 5.41) is 0. The van der Waals surface area contributed by atoms with E-state index in [1.54, 1.807) is 0 Å². The molecule has 0 aliphatic rings. The van der Waals surface area contributed by atoms with Crippen LogP contribution in [0.2, 0.25) is 0 Å². The zero-order valence-electron chi connectivity index (χ0n) is 7.91. The predicted molar refractivity (Wildman–Crippen MR) is 59.1 cm³/mol. The van der Waals surface area contributed by atoms with Gasteiger partial charge >= 0.3 is 0 Å². The summed E-state index contributed by atoms with van der Waals surface area (Å²) in [7, 11) is -0.692. The lowest BCUT2D eigenvalue weighted by Crippen LogP contribution is -2.24. The van der Waals surface area contributed by atoms with Crippen molar-refractivity contribution in [3.05, 3.63) is 0 Å². The Morgan fingerprint density at radius 3 is 2.75 bits per heavy atom. The van der Waals surface area contributed by atoms with Gasteiger partial charge in [-0.1, -0.05) is 6.92 Å². The third-order valence-electron chi connectivity index (χ3n) is 1.31. The molecule has 0 saturated heterocycles. The summed E-state index contributed by atoms with van der Waals surface area (Å²) >= 11 is 1.90. The highest BCUT2D eigenvalue weighted by Crippen LogP contribution is 2.01. The molecule has 2 N–H and O–H groups in total. The van der Waals surface area contributed by atoms with Crippen LogP contribution in [0.25, 0.3) is 0 Å². The third kappa shape index (κ3) is 8.56. The van der Waals surface area contributed by atoms with Crippen LogP contribution in [-0.4, -0.2) is 33.3 Å². The maximum Gasteiger partial charge on any atom is 0.0383 e. The van der Waals surface area contributed by atoms with Crippen molar-refractivity contribution >= 4 is 22.6 Å². The molecule has 12 heavy (non-hydrogen) atoms. The minimum atomic E-state index is -0.692. The molecule has 0 heterocycles. The van der Waals surface area contributed by atoms with Crippen LogP contribution in [0.5, 0.6) is 0 Å². The zero-order valence-corrected chi connectivity index (χ0v) is 9.55. The van der Waals surface area contributed by atoms with Gasteiger partial charge in [0.25, 0.3) is 0 Å². The molecule has 0 spiro atoms. The van der Waals surface area contributed by atoms with Crippen molar-refractivity contribution in [1.29, 1.82) is 0 Å². The van der Waals surface area contributed by atoms with Crippen LogP contribution in [0, 0.1) is 0 Å². The summed E-state index contributed by atoms with van der Waals surface area (Å²) in [6.45, 7) is 4.04. The Morgan fingerprint density at radius 2 is 2.25 bits per heavy atom. The van der Waals surface area contributed by atoms with Crippen molar-refractivity contribution < 1.29 is 4.21 Å². The van der Waals surface area contributed by atoms with Crippen molar-refractivity contribution in [2.45, 2.75) is 26.3 Å². The largest absolute Gasteiger partial charge is 0.327 e. The topological polar surface area (TPSA) is 43.1 Å². The van der Waals surface area contributed by atoms with Crippen molar-refractivity contribution in [2.24, 2.45) is 5.73 Å². The van der Waals surface area contributed by atoms with Crippen LogP contribution in [0.15, 0.2) is 0 Å². The number of hydrogen-bond acceptors (Lipinski definition) is 3. The molecule has 0 bridgehead atoms.